The van der Waals surface area contributed by atoms with E-state index in [1.807, 2.05) is 13.8 Å². The summed E-state index contributed by atoms with van der Waals surface area (Å²) in [6.45, 7) is 4.19. The molecule has 1 heterocycles. The largest absolute Gasteiger partial charge is 0.487 e. The van der Waals surface area contributed by atoms with Gasteiger partial charge in [0.2, 0.25) is 0 Å². The molecule has 120 valence electrons. The molecular weight excluding hydrogens is 302 g/mol. The average Bonchev–Trinajstić information content (AvgIpc) is 2.53. The van der Waals surface area contributed by atoms with E-state index >= 15 is 0 Å². The van der Waals surface area contributed by atoms with Gasteiger partial charge < -0.3 is 9.84 Å². The summed E-state index contributed by atoms with van der Waals surface area (Å²) in [5.74, 6) is 0.385. The lowest BCUT2D eigenvalue weighted by Gasteiger charge is -2.31. The summed E-state index contributed by atoms with van der Waals surface area (Å²) >= 11 is 5.95. The topological polar surface area (TPSA) is 59.4 Å². The molecule has 1 aliphatic carbocycles. The fraction of sp³-hybridized carbons (Fsp3) is 0.529. The van der Waals surface area contributed by atoms with Crippen LogP contribution >= 0.6 is 11.6 Å². The highest BCUT2D eigenvalue weighted by Gasteiger charge is 2.28. The number of carbonyl (C=O) groups is 1. The van der Waals surface area contributed by atoms with Crippen molar-refractivity contribution in [2.75, 3.05) is 6.61 Å². The summed E-state index contributed by atoms with van der Waals surface area (Å²) in [5, 5.41) is 10.8. The van der Waals surface area contributed by atoms with Gasteiger partial charge in [0, 0.05) is 6.20 Å². The third-order valence-corrected chi connectivity index (χ3v) is 4.64. The van der Waals surface area contributed by atoms with Gasteiger partial charge in [-0.1, -0.05) is 18.5 Å². The maximum absolute atomic E-state index is 11.1. The van der Waals surface area contributed by atoms with Crippen LogP contribution in [0, 0.1) is 0 Å². The van der Waals surface area contributed by atoms with E-state index in [1.54, 1.807) is 0 Å². The molecule has 0 amide bonds. The Balaban J connectivity index is 2.22. The predicted octanol–water partition coefficient (Wildman–Crippen LogP) is 3.96. The third-order valence-electron chi connectivity index (χ3n) is 4.34. The summed E-state index contributed by atoms with van der Waals surface area (Å²) in [6.07, 6.45) is 8.26. The first-order chi connectivity index (χ1) is 10.5. The molecule has 1 aromatic rings. The van der Waals surface area contributed by atoms with Crippen molar-refractivity contribution in [3.8, 4) is 5.75 Å². The van der Waals surface area contributed by atoms with Crippen LogP contribution in [0.1, 0.15) is 56.3 Å². The SMILES string of the molecule is CCC(C)(O)C1=C(COc2cncc(Cl)c2C=O)CCCC1. The van der Waals surface area contributed by atoms with Crippen molar-refractivity contribution in [3.63, 3.8) is 0 Å². The first-order valence-corrected chi connectivity index (χ1v) is 8.02. The van der Waals surface area contributed by atoms with E-state index in [9.17, 15) is 9.90 Å². The van der Waals surface area contributed by atoms with Crippen molar-refractivity contribution in [1.29, 1.82) is 0 Å². The van der Waals surface area contributed by atoms with Gasteiger partial charge in [-0.15, -0.1) is 0 Å². The smallest absolute Gasteiger partial charge is 0.155 e. The summed E-state index contributed by atoms with van der Waals surface area (Å²) < 4.78 is 5.77. The number of nitrogens with zero attached hydrogens (tertiary/aromatic N) is 1. The second-order valence-corrected chi connectivity index (χ2v) is 6.26. The van der Waals surface area contributed by atoms with Crippen LogP contribution in [0.15, 0.2) is 23.5 Å². The van der Waals surface area contributed by atoms with Crippen LogP contribution in [-0.4, -0.2) is 28.6 Å². The highest BCUT2D eigenvalue weighted by atomic mass is 35.5. The van der Waals surface area contributed by atoms with Crippen molar-refractivity contribution in [2.45, 2.75) is 51.6 Å². The summed E-state index contributed by atoms with van der Waals surface area (Å²) in [7, 11) is 0. The molecule has 0 bridgehead atoms. The zero-order chi connectivity index (χ0) is 16.2. The van der Waals surface area contributed by atoms with Crippen LogP contribution in [-0.2, 0) is 0 Å². The van der Waals surface area contributed by atoms with E-state index in [1.165, 1.54) is 12.4 Å². The van der Waals surface area contributed by atoms with Crippen molar-refractivity contribution in [3.05, 3.63) is 34.1 Å². The Morgan fingerprint density at radius 3 is 2.82 bits per heavy atom. The Labute approximate surface area is 136 Å². The van der Waals surface area contributed by atoms with Crippen molar-refractivity contribution < 1.29 is 14.6 Å². The number of aldehydes is 1. The molecule has 0 saturated heterocycles. The van der Waals surface area contributed by atoms with Gasteiger partial charge in [0.25, 0.3) is 0 Å². The minimum atomic E-state index is -0.792. The van der Waals surface area contributed by atoms with Crippen molar-refractivity contribution in [2.24, 2.45) is 0 Å². The molecule has 1 N–H and O–H groups in total. The van der Waals surface area contributed by atoms with Crippen LogP contribution in [0.3, 0.4) is 0 Å². The number of ether oxygens (including phenoxy) is 1. The van der Waals surface area contributed by atoms with E-state index < -0.39 is 5.60 Å². The zero-order valence-electron chi connectivity index (χ0n) is 13.1. The first kappa shape index (κ1) is 17.0. The van der Waals surface area contributed by atoms with E-state index in [0.717, 1.165) is 36.8 Å². The van der Waals surface area contributed by atoms with Gasteiger partial charge in [0.1, 0.15) is 12.4 Å². The molecule has 0 fully saturated rings. The zero-order valence-corrected chi connectivity index (χ0v) is 13.8. The first-order valence-electron chi connectivity index (χ1n) is 7.64. The van der Waals surface area contributed by atoms with Gasteiger partial charge >= 0.3 is 0 Å². The highest BCUT2D eigenvalue weighted by molar-refractivity contribution is 6.33. The van der Waals surface area contributed by atoms with Gasteiger partial charge in [-0.25, -0.2) is 0 Å². The molecule has 0 radical (unpaired) electrons. The lowest BCUT2D eigenvalue weighted by atomic mass is 9.81. The lowest BCUT2D eigenvalue weighted by molar-refractivity contribution is 0.0861. The Bertz CT molecular complexity index is 581. The summed E-state index contributed by atoms with van der Waals surface area (Å²) in [6, 6.07) is 0. The molecule has 2 rings (SSSR count). The molecule has 0 spiro atoms. The Kier molecular flexibility index (Phi) is 5.59. The minimum Gasteiger partial charge on any atom is -0.487 e. The predicted molar refractivity (Wildman–Crippen MR) is 86.5 cm³/mol. The maximum atomic E-state index is 11.1. The van der Waals surface area contributed by atoms with Gasteiger partial charge in [-0.05, 0) is 50.2 Å². The summed E-state index contributed by atoms with van der Waals surface area (Å²) in [4.78, 5) is 15.1. The van der Waals surface area contributed by atoms with Crippen molar-refractivity contribution >= 4 is 17.9 Å². The van der Waals surface area contributed by atoms with E-state index in [2.05, 4.69) is 4.98 Å². The molecule has 0 saturated carbocycles. The monoisotopic (exact) mass is 323 g/mol. The Morgan fingerprint density at radius 1 is 1.41 bits per heavy atom. The molecule has 0 aliphatic heterocycles. The molecule has 5 heteroatoms. The molecule has 0 aromatic carbocycles. The van der Waals surface area contributed by atoms with Crippen LogP contribution < -0.4 is 4.74 Å². The Hall–Kier alpha value is -1.39. The minimum absolute atomic E-state index is 0.283. The number of hydrogen-bond donors (Lipinski definition) is 1. The molecule has 1 aromatic heterocycles. The highest BCUT2D eigenvalue weighted by Crippen LogP contribution is 2.35. The van der Waals surface area contributed by atoms with Crippen molar-refractivity contribution in [1.82, 2.24) is 4.98 Å². The van der Waals surface area contributed by atoms with E-state index in [-0.39, 0.29) is 5.02 Å². The number of hydrogen-bond acceptors (Lipinski definition) is 4. The van der Waals surface area contributed by atoms with Crippen LogP contribution in [0.2, 0.25) is 5.02 Å². The summed E-state index contributed by atoms with van der Waals surface area (Å²) in [5.41, 5.74) is 1.72. The lowest BCUT2D eigenvalue weighted by Crippen LogP contribution is -2.29. The van der Waals surface area contributed by atoms with Gasteiger partial charge in [-0.3, -0.25) is 9.78 Å². The Morgan fingerprint density at radius 2 is 2.14 bits per heavy atom. The molecule has 4 nitrogen and oxygen atoms in total. The van der Waals surface area contributed by atoms with Gasteiger partial charge in [0.05, 0.1) is 22.4 Å². The fourth-order valence-corrected chi connectivity index (χ4v) is 3.01. The quantitative estimate of drug-likeness (QED) is 0.636. The van der Waals surface area contributed by atoms with Gasteiger partial charge in [-0.2, -0.15) is 0 Å². The molecule has 1 aliphatic rings. The molecule has 1 unspecified atom stereocenters. The third kappa shape index (κ3) is 3.68. The molecule has 1 atom stereocenters. The number of carbonyl (C=O) groups excluding carboxylic acids is 1. The van der Waals surface area contributed by atoms with Crippen LogP contribution in [0.4, 0.5) is 0 Å². The second-order valence-electron chi connectivity index (χ2n) is 5.86. The number of rotatable bonds is 6. The van der Waals surface area contributed by atoms with E-state index in [4.69, 9.17) is 16.3 Å². The molecular formula is C17H22ClNO3. The normalized spacial score (nSPS) is 18.0. The number of pyridine rings is 1. The van der Waals surface area contributed by atoms with Crippen LogP contribution in [0.25, 0.3) is 0 Å². The number of aromatic nitrogens is 1. The maximum Gasteiger partial charge on any atom is 0.155 e. The fourth-order valence-electron chi connectivity index (χ4n) is 2.81. The second kappa shape index (κ2) is 7.25. The number of halogens is 1. The van der Waals surface area contributed by atoms with Crippen LogP contribution in [0.5, 0.6) is 5.75 Å². The average molecular weight is 324 g/mol. The van der Waals surface area contributed by atoms with Gasteiger partial charge in [0.15, 0.2) is 6.29 Å². The molecule has 22 heavy (non-hydrogen) atoms. The number of aliphatic hydroxyl groups is 1. The van der Waals surface area contributed by atoms with E-state index in [0.29, 0.717) is 30.6 Å². The standard InChI is InChI=1S/C17H22ClNO3/c1-3-17(2,21)14-7-5-4-6-12(14)11-22-16-9-19-8-15(18)13(16)10-20/h8-10,21H,3-7,11H2,1-2H3.